The van der Waals surface area contributed by atoms with E-state index in [1.165, 1.54) is 6.08 Å². The van der Waals surface area contributed by atoms with Gasteiger partial charge in [-0.25, -0.2) is 9.59 Å². The Hall–Kier alpha value is -2.96. The minimum absolute atomic E-state index is 0.0564. The summed E-state index contributed by atoms with van der Waals surface area (Å²) in [6.45, 7) is 3.53. The molecular weight excluding hydrogens is 444 g/mol. The summed E-state index contributed by atoms with van der Waals surface area (Å²) in [6.07, 6.45) is 4.37. The quantitative estimate of drug-likeness (QED) is 0.495. The number of esters is 2. The fraction of sp³-hybridized carbons (Fsp3) is 0.448. The fourth-order valence-electron chi connectivity index (χ4n) is 6.66. The topological polar surface area (TPSA) is 82.1 Å². The first-order chi connectivity index (χ1) is 16.9. The van der Waals surface area contributed by atoms with Gasteiger partial charge in [-0.2, -0.15) is 0 Å². The van der Waals surface area contributed by atoms with E-state index in [1.807, 2.05) is 67.6 Å². The number of fused-ring (bicyclic) bond motifs is 4. The predicted molar refractivity (Wildman–Crippen MR) is 130 cm³/mol. The maximum atomic E-state index is 13.1. The molecule has 3 fully saturated rings. The Morgan fingerprint density at radius 3 is 2.43 bits per heavy atom. The van der Waals surface area contributed by atoms with E-state index in [4.69, 9.17) is 14.2 Å². The smallest absolute Gasteiger partial charge is 0.332 e. The van der Waals surface area contributed by atoms with Crippen LogP contribution in [-0.2, 0) is 29.4 Å². The van der Waals surface area contributed by atoms with Gasteiger partial charge in [-0.1, -0.05) is 67.6 Å². The van der Waals surface area contributed by atoms with Crippen LogP contribution < -0.4 is 0 Å². The average Bonchev–Trinajstić information content (AvgIpc) is 3.39. The standard InChI is InChI=1S/C29H32O6/c1-19-13-15-22-26(19)27(34-24(31)16-14-20-9-5-3-6-10-20)29(21-11-7-4-8-12-21)17-23(28(22,2)35-29)33-25(32)18-30/h3-12,14,16,19,22-23,26-27,30H,13,15,17-18H2,1-2H3/b16-14+/t19-,22-,23-,26?,27+,28+,29-/m1/s1. The summed E-state index contributed by atoms with van der Waals surface area (Å²) in [4.78, 5) is 25.3. The van der Waals surface area contributed by atoms with Crippen LogP contribution in [0, 0.1) is 17.8 Å². The third kappa shape index (κ3) is 4.09. The lowest BCUT2D eigenvalue weighted by molar-refractivity contribution is -0.257. The molecule has 7 atom stereocenters. The number of aliphatic hydroxyl groups is 1. The van der Waals surface area contributed by atoms with E-state index in [0.717, 1.165) is 24.0 Å². The van der Waals surface area contributed by atoms with Crippen LogP contribution >= 0.6 is 0 Å². The van der Waals surface area contributed by atoms with Crippen LogP contribution in [0.25, 0.3) is 6.08 Å². The zero-order valence-corrected chi connectivity index (χ0v) is 20.1. The Morgan fingerprint density at radius 1 is 1.06 bits per heavy atom. The first-order valence-corrected chi connectivity index (χ1v) is 12.4. The van der Waals surface area contributed by atoms with Crippen molar-refractivity contribution in [2.75, 3.05) is 6.61 Å². The molecule has 6 heteroatoms. The van der Waals surface area contributed by atoms with Crippen molar-refractivity contribution in [3.8, 4) is 0 Å². The molecule has 6 nitrogen and oxygen atoms in total. The molecule has 1 unspecified atom stereocenters. The van der Waals surface area contributed by atoms with E-state index in [2.05, 4.69) is 6.92 Å². The number of hydrogen-bond acceptors (Lipinski definition) is 6. The number of carbonyl (C=O) groups excluding carboxylic acids is 2. The third-order valence-corrected chi connectivity index (χ3v) is 8.25. The average molecular weight is 477 g/mol. The SMILES string of the molecule is C[C@@H]1CC[C@@H]2C1[C@H](OC(=O)/C=C/c1ccccc1)[C@]1(c3ccccc3)C[C@@H](OC(=O)CO)[C@@]2(C)O1. The van der Waals surface area contributed by atoms with Crippen molar-refractivity contribution in [3.05, 3.63) is 77.9 Å². The first-order valence-electron chi connectivity index (χ1n) is 12.4. The summed E-state index contributed by atoms with van der Waals surface area (Å²) in [5.41, 5.74) is 0.125. The van der Waals surface area contributed by atoms with Crippen LogP contribution in [0.3, 0.4) is 0 Å². The molecule has 0 amide bonds. The molecule has 5 rings (SSSR count). The Kier molecular flexibility index (Phi) is 6.28. The van der Waals surface area contributed by atoms with Crippen molar-refractivity contribution >= 4 is 18.0 Å². The highest BCUT2D eigenvalue weighted by atomic mass is 16.6. The summed E-state index contributed by atoms with van der Waals surface area (Å²) in [5.74, 6) is -0.660. The van der Waals surface area contributed by atoms with E-state index in [1.54, 1.807) is 6.08 Å². The Bertz CT molecular complexity index is 1100. The molecule has 3 aliphatic rings. The van der Waals surface area contributed by atoms with E-state index in [-0.39, 0.29) is 11.8 Å². The zero-order chi connectivity index (χ0) is 24.6. The predicted octanol–water partition coefficient (Wildman–Crippen LogP) is 4.27. The largest absolute Gasteiger partial charge is 0.457 e. The number of hydrogen-bond donors (Lipinski definition) is 1. The molecule has 0 spiro atoms. The molecule has 2 bridgehead atoms. The van der Waals surface area contributed by atoms with Gasteiger partial charge in [0.25, 0.3) is 0 Å². The highest BCUT2D eigenvalue weighted by Gasteiger charge is 2.72. The molecule has 0 radical (unpaired) electrons. The minimum Gasteiger partial charge on any atom is -0.457 e. The molecule has 2 saturated heterocycles. The lowest BCUT2D eigenvalue weighted by atomic mass is 9.70. The van der Waals surface area contributed by atoms with Crippen molar-refractivity contribution < 1.29 is 28.9 Å². The molecule has 1 saturated carbocycles. The van der Waals surface area contributed by atoms with Crippen molar-refractivity contribution in [2.24, 2.45) is 17.8 Å². The number of carbonyl (C=O) groups is 2. The maximum absolute atomic E-state index is 13.1. The van der Waals surface area contributed by atoms with E-state index in [0.29, 0.717) is 12.3 Å². The van der Waals surface area contributed by atoms with E-state index < -0.39 is 42.0 Å². The lowest BCUT2D eigenvalue weighted by Crippen LogP contribution is -2.59. The number of aliphatic hydroxyl groups excluding tert-OH is 1. The molecule has 184 valence electrons. The maximum Gasteiger partial charge on any atom is 0.332 e. The van der Waals surface area contributed by atoms with Crippen LogP contribution in [0.15, 0.2) is 66.7 Å². The van der Waals surface area contributed by atoms with Gasteiger partial charge in [0.2, 0.25) is 0 Å². The summed E-state index contributed by atoms with van der Waals surface area (Å²) in [5, 5.41) is 9.36. The number of benzene rings is 2. The second-order valence-electron chi connectivity index (χ2n) is 10.2. The van der Waals surface area contributed by atoms with Gasteiger partial charge in [-0.05, 0) is 48.8 Å². The van der Waals surface area contributed by atoms with Crippen LogP contribution in [0.1, 0.15) is 44.2 Å². The minimum atomic E-state index is -0.952. The highest BCUT2D eigenvalue weighted by molar-refractivity contribution is 5.87. The van der Waals surface area contributed by atoms with Crippen molar-refractivity contribution in [1.29, 1.82) is 0 Å². The van der Waals surface area contributed by atoms with Crippen molar-refractivity contribution in [2.45, 2.75) is 56.5 Å². The molecule has 35 heavy (non-hydrogen) atoms. The molecular formula is C29H32O6. The van der Waals surface area contributed by atoms with Gasteiger partial charge in [-0.3, -0.25) is 0 Å². The Balaban J connectivity index is 1.54. The monoisotopic (exact) mass is 476 g/mol. The summed E-state index contributed by atoms with van der Waals surface area (Å²) >= 11 is 0. The molecule has 2 heterocycles. The second kappa shape index (κ2) is 9.25. The van der Waals surface area contributed by atoms with Gasteiger partial charge in [0.15, 0.2) is 0 Å². The first kappa shape index (κ1) is 23.8. The van der Waals surface area contributed by atoms with Gasteiger partial charge in [0.05, 0.1) is 0 Å². The van der Waals surface area contributed by atoms with Crippen LogP contribution in [-0.4, -0.2) is 41.5 Å². The van der Waals surface area contributed by atoms with Crippen LogP contribution in [0.5, 0.6) is 0 Å². The number of rotatable bonds is 6. The van der Waals surface area contributed by atoms with Gasteiger partial charge in [0, 0.05) is 18.4 Å². The van der Waals surface area contributed by atoms with Gasteiger partial charge in [0.1, 0.15) is 30.0 Å². The molecule has 1 aliphatic carbocycles. The van der Waals surface area contributed by atoms with E-state index >= 15 is 0 Å². The van der Waals surface area contributed by atoms with Gasteiger partial charge >= 0.3 is 11.9 Å². The summed E-state index contributed by atoms with van der Waals surface area (Å²) in [7, 11) is 0. The summed E-state index contributed by atoms with van der Waals surface area (Å²) < 4.78 is 18.9. The highest BCUT2D eigenvalue weighted by Crippen LogP contribution is 2.64. The van der Waals surface area contributed by atoms with Gasteiger partial charge in [-0.15, -0.1) is 0 Å². The van der Waals surface area contributed by atoms with Gasteiger partial charge < -0.3 is 19.3 Å². The van der Waals surface area contributed by atoms with Crippen molar-refractivity contribution in [1.82, 2.24) is 0 Å². The lowest BCUT2D eigenvalue weighted by Gasteiger charge is -2.51. The number of ether oxygens (including phenoxy) is 3. The molecule has 2 aromatic carbocycles. The molecule has 2 aliphatic heterocycles. The van der Waals surface area contributed by atoms with E-state index in [9.17, 15) is 14.7 Å². The Morgan fingerprint density at radius 2 is 1.74 bits per heavy atom. The fourth-order valence-corrected chi connectivity index (χ4v) is 6.66. The zero-order valence-electron chi connectivity index (χ0n) is 20.1. The van der Waals surface area contributed by atoms with Crippen LogP contribution in [0.4, 0.5) is 0 Å². The second-order valence-corrected chi connectivity index (χ2v) is 10.2. The molecule has 2 aromatic rings. The summed E-state index contributed by atoms with van der Waals surface area (Å²) in [6, 6.07) is 19.4. The third-order valence-electron chi connectivity index (χ3n) is 8.25. The normalized spacial score (nSPS) is 35.6. The molecule has 1 N–H and O–H groups in total. The Labute approximate surface area is 205 Å². The molecule has 0 aromatic heterocycles. The van der Waals surface area contributed by atoms with Crippen molar-refractivity contribution in [3.63, 3.8) is 0 Å². The van der Waals surface area contributed by atoms with Crippen LogP contribution in [0.2, 0.25) is 0 Å².